The maximum Gasteiger partial charge on any atom is 0.499 e. The molecule has 0 heterocycles. The molecule has 0 amide bonds. The normalized spacial score (nSPS) is 12.7. The van der Waals surface area contributed by atoms with Crippen molar-refractivity contribution in [3.8, 4) is 5.75 Å². The molecule has 1 rings (SSSR count). The highest BCUT2D eigenvalue weighted by Crippen LogP contribution is 2.37. The molecule has 125 valence electrons. The summed E-state index contributed by atoms with van der Waals surface area (Å²) in [6.07, 6.45) is -11.0. The van der Waals surface area contributed by atoms with Crippen molar-refractivity contribution in [3.05, 3.63) is 29.8 Å². The SMILES string of the molecule is CCO[Si](Cc1ccc(OC(F)(F)C(F)(F)F)cc1)OCC. The van der Waals surface area contributed by atoms with Crippen LogP contribution in [0, 0.1) is 0 Å². The number of hydrogen-bond donors (Lipinski definition) is 0. The molecule has 9 heteroatoms. The largest absolute Gasteiger partial charge is 0.499 e. The molecule has 0 unspecified atom stereocenters. The fraction of sp³-hybridized carbons (Fsp3) is 0.538. The van der Waals surface area contributed by atoms with Crippen LogP contribution in [-0.4, -0.2) is 34.8 Å². The van der Waals surface area contributed by atoms with E-state index in [1.165, 1.54) is 12.1 Å². The summed E-state index contributed by atoms with van der Waals surface area (Å²) in [6, 6.07) is 5.38. The van der Waals surface area contributed by atoms with Crippen molar-refractivity contribution in [2.45, 2.75) is 32.2 Å². The van der Waals surface area contributed by atoms with Gasteiger partial charge in [0.1, 0.15) is 5.75 Å². The molecule has 1 aromatic carbocycles. The fourth-order valence-corrected chi connectivity index (χ4v) is 3.01. The summed E-state index contributed by atoms with van der Waals surface area (Å²) in [6.45, 7) is 4.60. The number of halogens is 5. The van der Waals surface area contributed by atoms with E-state index < -0.39 is 27.3 Å². The van der Waals surface area contributed by atoms with Crippen LogP contribution in [-0.2, 0) is 14.9 Å². The van der Waals surface area contributed by atoms with E-state index in [0.29, 0.717) is 24.8 Å². The topological polar surface area (TPSA) is 27.7 Å². The van der Waals surface area contributed by atoms with E-state index in [9.17, 15) is 22.0 Å². The number of hydrogen-bond acceptors (Lipinski definition) is 3. The third-order valence-corrected chi connectivity index (χ3v) is 4.38. The summed E-state index contributed by atoms with van der Waals surface area (Å²) < 4.78 is 76.2. The van der Waals surface area contributed by atoms with Crippen molar-refractivity contribution in [2.75, 3.05) is 13.2 Å². The maximum atomic E-state index is 12.7. The van der Waals surface area contributed by atoms with Crippen molar-refractivity contribution in [1.29, 1.82) is 0 Å². The molecule has 0 aromatic heterocycles. The molecular weight excluding hydrogens is 327 g/mol. The van der Waals surface area contributed by atoms with E-state index >= 15 is 0 Å². The molecule has 0 atom stereocenters. The van der Waals surface area contributed by atoms with E-state index in [0.717, 1.165) is 12.1 Å². The lowest BCUT2D eigenvalue weighted by molar-refractivity contribution is -0.360. The Morgan fingerprint density at radius 1 is 0.909 bits per heavy atom. The zero-order valence-corrected chi connectivity index (χ0v) is 13.0. The van der Waals surface area contributed by atoms with E-state index in [2.05, 4.69) is 4.74 Å². The van der Waals surface area contributed by atoms with Crippen molar-refractivity contribution in [1.82, 2.24) is 0 Å². The minimum Gasteiger partial charge on any atom is -0.426 e. The quantitative estimate of drug-likeness (QED) is 0.530. The van der Waals surface area contributed by atoms with Crippen LogP contribution in [0.5, 0.6) is 5.75 Å². The molecule has 0 spiro atoms. The van der Waals surface area contributed by atoms with E-state index in [1.807, 2.05) is 13.8 Å². The Bertz CT molecular complexity index is 444. The van der Waals surface area contributed by atoms with Crippen LogP contribution in [0.25, 0.3) is 0 Å². The lowest BCUT2D eigenvalue weighted by atomic mass is 10.2. The summed E-state index contributed by atoms with van der Waals surface area (Å²) in [5.74, 6) is -0.562. The third kappa shape index (κ3) is 5.54. The monoisotopic (exact) mass is 343 g/mol. The third-order valence-electron chi connectivity index (χ3n) is 2.46. The number of benzene rings is 1. The molecule has 0 saturated heterocycles. The first kappa shape index (κ1) is 18.9. The van der Waals surface area contributed by atoms with Crippen LogP contribution < -0.4 is 4.74 Å². The summed E-state index contributed by atoms with van der Waals surface area (Å²) in [5, 5.41) is 0. The Morgan fingerprint density at radius 2 is 1.41 bits per heavy atom. The van der Waals surface area contributed by atoms with E-state index in [-0.39, 0.29) is 0 Å². The van der Waals surface area contributed by atoms with E-state index in [1.54, 1.807) is 0 Å². The fourth-order valence-electron chi connectivity index (χ4n) is 1.51. The van der Waals surface area contributed by atoms with Gasteiger partial charge < -0.3 is 13.6 Å². The van der Waals surface area contributed by atoms with Crippen molar-refractivity contribution < 1.29 is 35.5 Å². The molecule has 0 bridgehead atoms. The van der Waals surface area contributed by atoms with Crippen LogP contribution in [0.2, 0.25) is 0 Å². The number of rotatable bonds is 8. The number of alkyl halides is 5. The predicted octanol–water partition coefficient (Wildman–Crippen LogP) is 3.86. The molecule has 1 aromatic rings. The summed E-state index contributed by atoms with van der Waals surface area (Å²) in [4.78, 5) is 0. The lowest BCUT2D eigenvalue weighted by Crippen LogP contribution is -2.41. The van der Waals surface area contributed by atoms with Gasteiger partial charge in [-0.05, 0) is 31.5 Å². The lowest BCUT2D eigenvalue weighted by Gasteiger charge is -2.20. The van der Waals surface area contributed by atoms with Gasteiger partial charge in [0.15, 0.2) is 0 Å². The minimum absolute atomic E-state index is 0.447. The van der Waals surface area contributed by atoms with Crippen molar-refractivity contribution in [2.24, 2.45) is 0 Å². The second-order valence-corrected chi connectivity index (χ2v) is 5.85. The zero-order valence-electron chi connectivity index (χ0n) is 12.0. The molecule has 1 radical (unpaired) electrons. The van der Waals surface area contributed by atoms with Crippen LogP contribution in [0.4, 0.5) is 22.0 Å². The van der Waals surface area contributed by atoms with Gasteiger partial charge in [0, 0.05) is 19.3 Å². The van der Waals surface area contributed by atoms with Gasteiger partial charge >= 0.3 is 21.6 Å². The Kier molecular flexibility index (Phi) is 6.76. The van der Waals surface area contributed by atoms with Gasteiger partial charge in [-0.1, -0.05) is 12.1 Å². The summed E-state index contributed by atoms with van der Waals surface area (Å²) in [5.41, 5.74) is 0.707. The molecule has 0 aliphatic heterocycles. The first-order valence-electron chi connectivity index (χ1n) is 6.53. The van der Waals surface area contributed by atoms with Crippen LogP contribution in [0.1, 0.15) is 19.4 Å². The number of ether oxygens (including phenoxy) is 1. The first-order chi connectivity index (χ1) is 10.2. The Labute approximate surface area is 126 Å². The molecule has 0 saturated carbocycles. The Morgan fingerprint density at radius 3 is 1.82 bits per heavy atom. The van der Waals surface area contributed by atoms with Gasteiger partial charge in [-0.3, -0.25) is 0 Å². The van der Waals surface area contributed by atoms with Gasteiger partial charge in [-0.15, -0.1) is 0 Å². The Balaban J connectivity index is 2.70. The average Bonchev–Trinajstić information content (AvgIpc) is 2.40. The van der Waals surface area contributed by atoms with Gasteiger partial charge in [-0.2, -0.15) is 22.0 Å². The Hall–Kier alpha value is -1.19. The smallest absolute Gasteiger partial charge is 0.426 e. The van der Waals surface area contributed by atoms with Gasteiger partial charge in [0.25, 0.3) is 0 Å². The molecule has 0 aliphatic carbocycles. The highest BCUT2D eigenvalue weighted by atomic mass is 28.3. The maximum absolute atomic E-state index is 12.7. The molecule has 0 N–H and O–H groups in total. The van der Waals surface area contributed by atoms with Crippen LogP contribution >= 0.6 is 0 Å². The second-order valence-electron chi connectivity index (χ2n) is 4.18. The average molecular weight is 343 g/mol. The van der Waals surface area contributed by atoms with E-state index in [4.69, 9.17) is 8.85 Å². The van der Waals surface area contributed by atoms with Crippen molar-refractivity contribution >= 4 is 9.28 Å². The van der Waals surface area contributed by atoms with Gasteiger partial charge in [0.2, 0.25) is 0 Å². The van der Waals surface area contributed by atoms with Crippen LogP contribution in [0.15, 0.2) is 24.3 Å². The van der Waals surface area contributed by atoms with Gasteiger partial charge in [0.05, 0.1) is 0 Å². The van der Waals surface area contributed by atoms with Crippen molar-refractivity contribution in [3.63, 3.8) is 0 Å². The molecule has 3 nitrogen and oxygen atoms in total. The predicted molar refractivity (Wildman–Crippen MR) is 70.8 cm³/mol. The first-order valence-corrected chi connectivity index (χ1v) is 8.06. The molecule has 0 fully saturated rings. The molecule has 22 heavy (non-hydrogen) atoms. The zero-order chi connectivity index (χ0) is 16.8. The molecular formula is C13H16F5O3Si. The summed E-state index contributed by atoms with van der Waals surface area (Å²) in [7, 11) is -1.54. The second kappa shape index (κ2) is 7.89. The standard InChI is InChI=1S/C13H16F5O3Si/c1-3-19-22(20-4-2)9-10-5-7-11(8-6-10)21-13(17,18)12(14,15)16/h5-8H,3-4,9H2,1-2H3. The minimum atomic E-state index is -5.76. The molecule has 0 aliphatic rings. The highest BCUT2D eigenvalue weighted by molar-refractivity contribution is 6.43. The van der Waals surface area contributed by atoms with Crippen LogP contribution in [0.3, 0.4) is 0 Å². The summed E-state index contributed by atoms with van der Waals surface area (Å²) >= 11 is 0. The highest BCUT2D eigenvalue weighted by Gasteiger charge is 2.61. The van der Waals surface area contributed by atoms with Gasteiger partial charge in [-0.25, -0.2) is 0 Å².